The van der Waals surface area contributed by atoms with E-state index < -0.39 is 0 Å². The summed E-state index contributed by atoms with van der Waals surface area (Å²) in [5, 5.41) is 0. The molecule has 18 nitrogen and oxygen atoms in total. The largest absolute Gasteiger partial charge is 0.377 e. The quantitative estimate of drug-likeness (QED) is 0.0658. The van der Waals surface area contributed by atoms with Gasteiger partial charge in [-0.25, -0.2) is 0 Å². The number of hydrogen-bond donors (Lipinski definition) is 0. The molecule has 0 spiro atoms. The molecule has 0 N–H and O–H groups in total. The fraction of sp³-hybridized carbons (Fsp3) is 0.684. The van der Waals surface area contributed by atoms with Gasteiger partial charge in [-0.3, -0.25) is 29.0 Å². The van der Waals surface area contributed by atoms with Gasteiger partial charge in [-0.05, 0) is 12.1 Å². The predicted molar refractivity (Wildman–Crippen MR) is 197 cm³/mol. The van der Waals surface area contributed by atoms with Gasteiger partial charge in [0, 0.05) is 12.2 Å². The third-order valence-electron chi connectivity index (χ3n) is 7.79. The fourth-order valence-corrected chi connectivity index (χ4v) is 4.93. The molecule has 2 aliphatic heterocycles. The normalized spacial score (nSPS) is 13.9. The van der Waals surface area contributed by atoms with Crippen molar-refractivity contribution >= 4 is 23.6 Å². The van der Waals surface area contributed by atoms with Gasteiger partial charge in [-0.1, -0.05) is 12.1 Å². The molecule has 18 heteroatoms. The van der Waals surface area contributed by atoms with E-state index in [-0.39, 0.29) is 49.9 Å². The lowest BCUT2D eigenvalue weighted by molar-refractivity contribution is -0.137. The molecule has 0 bridgehead atoms. The van der Waals surface area contributed by atoms with E-state index in [4.69, 9.17) is 56.8 Å². The molecular weight excluding hydrogens is 740 g/mol. The zero-order valence-corrected chi connectivity index (χ0v) is 32.3. The van der Waals surface area contributed by atoms with Crippen LogP contribution < -0.4 is 0 Å². The summed E-state index contributed by atoms with van der Waals surface area (Å²) in [5.74, 6) is -1.19. The molecule has 0 saturated carbocycles. The molecule has 0 aliphatic carbocycles. The average Bonchev–Trinajstić information content (AvgIpc) is 3.66. The van der Waals surface area contributed by atoms with Gasteiger partial charge >= 0.3 is 0 Å². The Kier molecular flexibility index (Phi) is 26.8. The Labute approximate surface area is 328 Å². The van der Waals surface area contributed by atoms with Crippen LogP contribution in [-0.2, 0) is 66.4 Å². The summed E-state index contributed by atoms with van der Waals surface area (Å²) in [6.45, 7) is 10.7. The summed E-state index contributed by atoms with van der Waals surface area (Å²) in [5.41, 5.74) is 0.872. The zero-order valence-electron chi connectivity index (χ0n) is 32.3. The van der Waals surface area contributed by atoms with Crippen LogP contribution in [0.1, 0.15) is 20.7 Å². The third-order valence-corrected chi connectivity index (χ3v) is 7.79. The van der Waals surface area contributed by atoms with E-state index in [0.717, 1.165) is 4.90 Å². The molecule has 0 atom stereocenters. The second-order valence-corrected chi connectivity index (χ2v) is 11.8. The first-order valence-electron chi connectivity index (χ1n) is 19.0. The summed E-state index contributed by atoms with van der Waals surface area (Å²) in [7, 11) is 0. The van der Waals surface area contributed by atoms with Crippen LogP contribution in [0.5, 0.6) is 0 Å². The van der Waals surface area contributed by atoms with E-state index in [0.29, 0.717) is 156 Å². The smallest absolute Gasteiger partial charge is 0.261 e. The first kappa shape index (κ1) is 47.1. The van der Waals surface area contributed by atoms with Gasteiger partial charge in [0.05, 0.1) is 183 Å². The standard InChI is InChI=1S/C38H58N2O16/c41-35-5-6-36(42)39(35)7-9-45-11-13-47-15-17-49-19-21-51-23-25-53-27-29-55-31-32-56-30-28-54-26-24-52-22-20-50-18-16-48-14-12-46-10-8-40-37(43)33-3-1-2-4-34(33)38(40)44/h1-6H,7-32H2. The van der Waals surface area contributed by atoms with Crippen molar-refractivity contribution in [3.63, 3.8) is 0 Å². The summed E-state index contributed by atoms with van der Waals surface area (Å²) >= 11 is 0. The highest BCUT2D eigenvalue weighted by Gasteiger charge is 2.34. The van der Waals surface area contributed by atoms with Crippen molar-refractivity contribution in [2.45, 2.75) is 0 Å². The van der Waals surface area contributed by atoms with Crippen molar-refractivity contribution in [1.29, 1.82) is 0 Å². The van der Waals surface area contributed by atoms with Gasteiger partial charge in [-0.15, -0.1) is 0 Å². The number of ether oxygens (including phenoxy) is 12. The Morgan fingerprint density at radius 3 is 0.768 bits per heavy atom. The van der Waals surface area contributed by atoms with Crippen LogP contribution in [0.2, 0.25) is 0 Å². The van der Waals surface area contributed by atoms with Crippen molar-refractivity contribution in [3.05, 3.63) is 47.5 Å². The SMILES string of the molecule is O=C1C=CC(=O)N1CCOCCOCCOCCOCCOCCOCCOCCOCCOCCOCCOCCOCCN1C(=O)c2ccccc2C1=O. The number of imide groups is 2. The fourth-order valence-electron chi connectivity index (χ4n) is 4.93. The van der Waals surface area contributed by atoms with Crippen molar-refractivity contribution in [1.82, 2.24) is 9.80 Å². The van der Waals surface area contributed by atoms with Crippen LogP contribution in [0.25, 0.3) is 0 Å². The second kappa shape index (κ2) is 31.8. The predicted octanol–water partition coefficient (Wildman–Crippen LogP) is 0.407. The van der Waals surface area contributed by atoms with E-state index in [1.54, 1.807) is 24.3 Å². The summed E-state index contributed by atoms with van der Waals surface area (Å²) in [4.78, 5) is 49.8. The minimum Gasteiger partial charge on any atom is -0.377 e. The molecule has 2 heterocycles. The van der Waals surface area contributed by atoms with Gasteiger partial charge in [0.2, 0.25) is 0 Å². The maximum Gasteiger partial charge on any atom is 0.261 e. The van der Waals surface area contributed by atoms with E-state index >= 15 is 0 Å². The van der Waals surface area contributed by atoms with E-state index in [2.05, 4.69) is 0 Å². The van der Waals surface area contributed by atoms with Crippen LogP contribution in [0.15, 0.2) is 36.4 Å². The molecule has 1 aromatic carbocycles. The molecule has 316 valence electrons. The number of carbonyl (C=O) groups is 4. The maximum absolute atomic E-state index is 12.3. The minimum absolute atomic E-state index is 0.206. The molecule has 1 aromatic rings. The highest BCUT2D eigenvalue weighted by molar-refractivity contribution is 6.21. The Morgan fingerprint density at radius 2 is 0.518 bits per heavy atom. The molecule has 0 fully saturated rings. The Bertz CT molecular complexity index is 1210. The molecular formula is C38H58N2O16. The van der Waals surface area contributed by atoms with Crippen LogP contribution in [0.3, 0.4) is 0 Å². The first-order valence-corrected chi connectivity index (χ1v) is 19.0. The summed E-state index contributed by atoms with van der Waals surface area (Å²) in [6, 6.07) is 6.80. The molecule has 0 saturated heterocycles. The van der Waals surface area contributed by atoms with Crippen molar-refractivity contribution < 1.29 is 76.0 Å². The number of hydrogen-bond acceptors (Lipinski definition) is 16. The van der Waals surface area contributed by atoms with Crippen LogP contribution >= 0.6 is 0 Å². The molecule has 0 radical (unpaired) electrons. The van der Waals surface area contributed by atoms with Crippen LogP contribution in [0.4, 0.5) is 0 Å². The molecule has 56 heavy (non-hydrogen) atoms. The highest BCUT2D eigenvalue weighted by Crippen LogP contribution is 2.21. The van der Waals surface area contributed by atoms with Crippen LogP contribution in [0, 0.1) is 0 Å². The lowest BCUT2D eigenvalue weighted by Crippen LogP contribution is -2.33. The van der Waals surface area contributed by atoms with Gasteiger partial charge in [-0.2, -0.15) is 0 Å². The number of amides is 4. The van der Waals surface area contributed by atoms with Crippen molar-refractivity contribution in [2.75, 3.05) is 172 Å². The maximum atomic E-state index is 12.3. The summed E-state index contributed by atoms with van der Waals surface area (Å²) in [6.07, 6.45) is 2.50. The zero-order chi connectivity index (χ0) is 39.7. The van der Waals surface area contributed by atoms with Gasteiger partial charge in [0.15, 0.2) is 0 Å². The minimum atomic E-state index is -0.313. The second-order valence-electron chi connectivity index (χ2n) is 11.8. The first-order chi connectivity index (χ1) is 27.6. The highest BCUT2D eigenvalue weighted by atomic mass is 16.6. The molecule has 3 rings (SSSR count). The van der Waals surface area contributed by atoms with E-state index in [1.807, 2.05) is 0 Å². The number of fused-ring (bicyclic) bond motifs is 1. The summed E-state index contributed by atoms with van der Waals surface area (Å²) < 4.78 is 65.5. The monoisotopic (exact) mass is 798 g/mol. The number of rotatable bonds is 39. The van der Waals surface area contributed by atoms with Crippen LogP contribution in [-0.4, -0.2) is 205 Å². The van der Waals surface area contributed by atoms with Gasteiger partial charge < -0.3 is 56.8 Å². The van der Waals surface area contributed by atoms with Crippen molar-refractivity contribution in [2.24, 2.45) is 0 Å². The topological polar surface area (TPSA) is 186 Å². The molecule has 4 amide bonds. The van der Waals surface area contributed by atoms with Gasteiger partial charge in [0.1, 0.15) is 0 Å². The van der Waals surface area contributed by atoms with E-state index in [9.17, 15) is 19.2 Å². The Morgan fingerprint density at radius 1 is 0.304 bits per heavy atom. The lowest BCUT2D eigenvalue weighted by atomic mass is 10.1. The van der Waals surface area contributed by atoms with E-state index in [1.165, 1.54) is 17.1 Å². The third kappa shape index (κ3) is 20.8. The number of carbonyl (C=O) groups excluding carboxylic acids is 4. The molecule has 0 unspecified atom stereocenters. The van der Waals surface area contributed by atoms with Crippen molar-refractivity contribution in [3.8, 4) is 0 Å². The Hall–Kier alpha value is -3.24. The lowest BCUT2D eigenvalue weighted by Gasteiger charge is -2.13. The molecule has 2 aliphatic rings. The average molecular weight is 799 g/mol. The number of nitrogens with zero attached hydrogens (tertiary/aromatic N) is 2. The number of benzene rings is 1. The van der Waals surface area contributed by atoms with Gasteiger partial charge in [0.25, 0.3) is 23.6 Å². The Balaban J connectivity index is 0.898. The molecule has 0 aromatic heterocycles.